The molecule has 1 nitrogen and oxygen atoms in total. The third kappa shape index (κ3) is 1.75. The number of hydrogen-bond acceptors (Lipinski definition) is 2. The summed E-state index contributed by atoms with van der Waals surface area (Å²) in [5, 5.41) is 0.695. The number of benzene rings is 1. The molecular weight excluding hydrogens is 166 g/mol. The van der Waals surface area contributed by atoms with E-state index in [0.29, 0.717) is 5.02 Å². The first kappa shape index (κ1) is 7.63. The zero-order chi connectivity index (χ0) is 7.40. The van der Waals surface area contributed by atoms with Crippen LogP contribution >= 0.6 is 24.4 Å². The molecule has 0 aliphatic carbocycles. The Hall–Kier alpha value is -0.470. The van der Waals surface area contributed by atoms with E-state index in [1.807, 2.05) is 24.3 Å². The predicted octanol–water partition coefficient (Wildman–Crippen LogP) is 2.60. The van der Waals surface area contributed by atoms with E-state index in [2.05, 4.69) is 17.2 Å². The standard InChI is InChI=1S/C7H6ClNS/c8-7-4-2-1-3-6(7)5-9-10/h1-5,10H/b9-5+. The number of nitrogens with zero attached hydrogens (tertiary/aromatic N) is 1. The second kappa shape index (κ2) is 3.64. The van der Waals surface area contributed by atoms with Crippen LogP contribution in [0.1, 0.15) is 5.56 Å². The molecule has 0 aliphatic rings. The van der Waals surface area contributed by atoms with Crippen molar-refractivity contribution in [2.75, 3.05) is 0 Å². The molecule has 0 fully saturated rings. The summed E-state index contributed by atoms with van der Waals surface area (Å²) in [4.78, 5) is 0. The third-order valence-corrected chi connectivity index (χ3v) is 1.56. The van der Waals surface area contributed by atoms with Gasteiger partial charge in [-0.2, -0.15) is 0 Å². The van der Waals surface area contributed by atoms with E-state index in [1.165, 1.54) is 0 Å². The van der Waals surface area contributed by atoms with Gasteiger partial charge in [-0.3, -0.25) is 0 Å². The lowest BCUT2D eigenvalue weighted by Gasteiger charge is -1.92. The van der Waals surface area contributed by atoms with E-state index in [4.69, 9.17) is 11.6 Å². The normalized spacial score (nSPS) is 10.6. The molecule has 0 bridgehead atoms. The zero-order valence-corrected chi connectivity index (χ0v) is 6.81. The Labute approximate surface area is 70.3 Å². The van der Waals surface area contributed by atoms with Gasteiger partial charge in [0.2, 0.25) is 0 Å². The van der Waals surface area contributed by atoms with Crippen molar-refractivity contribution in [1.29, 1.82) is 0 Å². The Balaban J connectivity index is 3.03. The van der Waals surface area contributed by atoms with Gasteiger partial charge in [-0.15, -0.1) is 0 Å². The van der Waals surface area contributed by atoms with Crippen molar-refractivity contribution in [3.8, 4) is 0 Å². The van der Waals surface area contributed by atoms with Gasteiger partial charge in [0.05, 0.1) is 0 Å². The molecule has 0 N–H and O–H groups in total. The fourth-order valence-corrected chi connectivity index (χ4v) is 0.951. The number of hydrogen-bond donors (Lipinski definition) is 1. The van der Waals surface area contributed by atoms with Crippen molar-refractivity contribution in [2.24, 2.45) is 4.40 Å². The van der Waals surface area contributed by atoms with Crippen molar-refractivity contribution >= 4 is 30.6 Å². The molecule has 0 aromatic heterocycles. The van der Waals surface area contributed by atoms with Crippen molar-refractivity contribution in [3.05, 3.63) is 34.9 Å². The van der Waals surface area contributed by atoms with E-state index in [9.17, 15) is 0 Å². The second-order valence-corrected chi connectivity index (χ2v) is 2.40. The molecule has 0 heterocycles. The van der Waals surface area contributed by atoms with Gasteiger partial charge in [0, 0.05) is 16.8 Å². The summed E-state index contributed by atoms with van der Waals surface area (Å²) in [5.41, 5.74) is 0.888. The predicted molar refractivity (Wildman–Crippen MR) is 48.0 cm³/mol. The first-order chi connectivity index (χ1) is 4.84. The van der Waals surface area contributed by atoms with Crippen LogP contribution in [-0.4, -0.2) is 6.21 Å². The van der Waals surface area contributed by atoms with E-state index in [-0.39, 0.29) is 0 Å². The minimum Gasteiger partial charge on any atom is -0.227 e. The van der Waals surface area contributed by atoms with Gasteiger partial charge < -0.3 is 0 Å². The lowest BCUT2D eigenvalue weighted by Crippen LogP contribution is -1.78. The molecule has 1 aromatic carbocycles. The highest BCUT2D eigenvalue weighted by Crippen LogP contribution is 2.12. The van der Waals surface area contributed by atoms with Crippen LogP contribution in [0.5, 0.6) is 0 Å². The van der Waals surface area contributed by atoms with Crippen LogP contribution in [-0.2, 0) is 0 Å². The Morgan fingerprint density at radius 1 is 1.40 bits per heavy atom. The average molecular weight is 172 g/mol. The summed E-state index contributed by atoms with van der Waals surface area (Å²) in [6.07, 6.45) is 1.60. The molecule has 0 radical (unpaired) electrons. The van der Waals surface area contributed by atoms with E-state index in [1.54, 1.807) is 6.21 Å². The van der Waals surface area contributed by atoms with Crippen molar-refractivity contribution in [2.45, 2.75) is 0 Å². The molecule has 0 unspecified atom stereocenters. The number of thiol groups is 1. The van der Waals surface area contributed by atoms with Crippen molar-refractivity contribution in [3.63, 3.8) is 0 Å². The fourth-order valence-electron chi connectivity index (χ4n) is 0.642. The smallest absolute Gasteiger partial charge is 0.0494 e. The van der Waals surface area contributed by atoms with Crippen LogP contribution in [0.4, 0.5) is 0 Å². The quantitative estimate of drug-likeness (QED) is 0.493. The maximum absolute atomic E-state index is 5.78. The lowest BCUT2D eigenvalue weighted by atomic mass is 10.2. The van der Waals surface area contributed by atoms with Crippen LogP contribution in [0.25, 0.3) is 0 Å². The molecule has 10 heavy (non-hydrogen) atoms. The summed E-state index contributed by atoms with van der Waals surface area (Å²) in [6, 6.07) is 7.46. The summed E-state index contributed by atoms with van der Waals surface area (Å²) < 4.78 is 3.55. The first-order valence-corrected chi connectivity index (χ1v) is 3.54. The molecule has 1 rings (SSSR count). The molecule has 0 atom stereocenters. The summed E-state index contributed by atoms with van der Waals surface area (Å²) in [6.45, 7) is 0. The van der Waals surface area contributed by atoms with Crippen LogP contribution in [0.3, 0.4) is 0 Å². The van der Waals surface area contributed by atoms with E-state index < -0.39 is 0 Å². The Kier molecular flexibility index (Phi) is 2.78. The van der Waals surface area contributed by atoms with Crippen LogP contribution < -0.4 is 0 Å². The molecule has 0 aliphatic heterocycles. The first-order valence-electron chi connectivity index (χ1n) is 2.76. The second-order valence-electron chi connectivity index (χ2n) is 1.77. The maximum atomic E-state index is 5.78. The Bertz CT molecular complexity index is 247. The van der Waals surface area contributed by atoms with E-state index >= 15 is 0 Å². The summed E-state index contributed by atoms with van der Waals surface area (Å²) in [7, 11) is 0. The van der Waals surface area contributed by atoms with Gasteiger partial charge >= 0.3 is 0 Å². The van der Waals surface area contributed by atoms with Crippen molar-refractivity contribution < 1.29 is 0 Å². The number of rotatable bonds is 1. The van der Waals surface area contributed by atoms with Crippen LogP contribution in [0, 0.1) is 0 Å². The van der Waals surface area contributed by atoms with Gasteiger partial charge in [-0.1, -0.05) is 29.8 Å². The van der Waals surface area contributed by atoms with Gasteiger partial charge in [-0.25, -0.2) is 4.40 Å². The molecule has 0 amide bonds. The largest absolute Gasteiger partial charge is 0.227 e. The molecule has 1 aromatic rings. The minimum atomic E-state index is 0.695. The Morgan fingerprint density at radius 2 is 2.10 bits per heavy atom. The maximum Gasteiger partial charge on any atom is 0.0494 e. The Morgan fingerprint density at radius 3 is 2.70 bits per heavy atom. The molecule has 52 valence electrons. The lowest BCUT2D eigenvalue weighted by molar-refractivity contribution is 1.67. The molecule has 0 spiro atoms. The topological polar surface area (TPSA) is 12.4 Å². The summed E-state index contributed by atoms with van der Waals surface area (Å²) in [5.74, 6) is 0. The van der Waals surface area contributed by atoms with E-state index in [0.717, 1.165) is 5.56 Å². The molecule has 3 heteroatoms. The van der Waals surface area contributed by atoms with Crippen molar-refractivity contribution in [1.82, 2.24) is 0 Å². The van der Waals surface area contributed by atoms with Gasteiger partial charge in [0.25, 0.3) is 0 Å². The highest BCUT2D eigenvalue weighted by atomic mass is 35.5. The third-order valence-electron chi connectivity index (χ3n) is 1.10. The van der Waals surface area contributed by atoms with Gasteiger partial charge in [0.1, 0.15) is 0 Å². The fraction of sp³-hybridized carbons (Fsp3) is 0. The highest BCUT2D eigenvalue weighted by molar-refractivity contribution is 7.79. The van der Waals surface area contributed by atoms with Crippen LogP contribution in [0.2, 0.25) is 5.02 Å². The number of halogens is 1. The van der Waals surface area contributed by atoms with Crippen LogP contribution in [0.15, 0.2) is 28.7 Å². The van der Waals surface area contributed by atoms with Gasteiger partial charge in [0.15, 0.2) is 0 Å². The molecule has 0 saturated carbocycles. The summed E-state index contributed by atoms with van der Waals surface area (Å²) >= 11 is 9.47. The zero-order valence-electron chi connectivity index (χ0n) is 5.16. The molecular formula is C7H6ClNS. The molecule has 0 saturated heterocycles. The monoisotopic (exact) mass is 171 g/mol. The average Bonchev–Trinajstić information content (AvgIpc) is 1.94. The highest BCUT2D eigenvalue weighted by Gasteiger charge is 1.91. The minimum absolute atomic E-state index is 0.695. The van der Waals surface area contributed by atoms with Gasteiger partial charge in [-0.05, 0) is 18.9 Å². The SMILES string of the molecule is S/N=C/c1ccccc1Cl.